The Morgan fingerprint density at radius 1 is 1.50 bits per heavy atom. The lowest BCUT2D eigenvalue weighted by atomic mass is 10.0. The first kappa shape index (κ1) is 10.4. The minimum Gasteiger partial charge on any atom is -0.480 e. The van der Waals surface area contributed by atoms with Crippen LogP contribution in [0.1, 0.15) is 11.1 Å². The molecule has 14 heavy (non-hydrogen) atoms. The average Bonchev–Trinajstić information content (AvgIpc) is 2.16. The minimum absolute atomic E-state index is 0.158. The van der Waals surface area contributed by atoms with Crippen LogP contribution in [0.25, 0.3) is 0 Å². The number of aryl methyl sites for hydroxylation is 1. The molecule has 0 heterocycles. The van der Waals surface area contributed by atoms with E-state index in [9.17, 15) is 9.70 Å². The number of carboxylic acid groups (broad SMARTS) is 1. The Bertz CT molecular complexity index is 349. The lowest BCUT2D eigenvalue weighted by Crippen LogP contribution is -2.20. The van der Waals surface area contributed by atoms with Gasteiger partial charge in [0.1, 0.15) is 0 Å². The van der Waals surface area contributed by atoms with Crippen molar-refractivity contribution in [1.29, 1.82) is 0 Å². The second-order valence-corrected chi connectivity index (χ2v) is 3.09. The van der Waals surface area contributed by atoms with Crippen molar-refractivity contribution in [2.45, 2.75) is 19.4 Å². The predicted molar refractivity (Wildman–Crippen MR) is 52.1 cm³/mol. The second-order valence-electron chi connectivity index (χ2n) is 3.09. The van der Waals surface area contributed by atoms with Crippen LogP contribution in [0.15, 0.2) is 29.4 Å². The molecule has 0 fully saturated rings. The van der Waals surface area contributed by atoms with Crippen molar-refractivity contribution in [1.82, 2.24) is 0 Å². The topological polar surface area (TPSA) is 66.7 Å². The van der Waals surface area contributed by atoms with Gasteiger partial charge in [0.05, 0.1) is 0 Å². The molecule has 0 aliphatic heterocycles. The van der Waals surface area contributed by atoms with Gasteiger partial charge in [-0.1, -0.05) is 29.4 Å². The molecule has 0 spiro atoms. The van der Waals surface area contributed by atoms with E-state index in [1.165, 1.54) is 0 Å². The Morgan fingerprint density at radius 2 is 2.14 bits per heavy atom. The van der Waals surface area contributed by atoms with Crippen molar-refractivity contribution in [3.8, 4) is 0 Å². The van der Waals surface area contributed by atoms with Crippen molar-refractivity contribution in [2.24, 2.45) is 5.18 Å². The summed E-state index contributed by atoms with van der Waals surface area (Å²) in [6.45, 7) is 1.87. The second kappa shape index (κ2) is 4.50. The van der Waals surface area contributed by atoms with Gasteiger partial charge in [-0.15, -0.1) is 4.91 Å². The molecule has 0 aromatic heterocycles. The summed E-state index contributed by atoms with van der Waals surface area (Å²) in [5.74, 6) is -1.18. The predicted octanol–water partition coefficient (Wildman–Crippen LogP) is 1.76. The number of carboxylic acids is 1. The highest BCUT2D eigenvalue weighted by Crippen LogP contribution is 2.11. The molecule has 0 radical (unpaired) electrons. The maximum atomic E-state index is 10.6. The normalized spacial score (nSPS) is 12.1. The Labute approximate surface area is 81.5 Å². The smallest absolute Gasteiger partial charge is 0.332 e. The number of aliphatic carboxylic acids is 1. The Hall–Kier alpha value is -1.71. The zero-order valence-electron chi connectivity index (χ0n) is 7.80. The molecule has 4 heteroatoms. The van der Waals surface area contributed by atoms with E-state index < -0.39 is 12.0 Å². The number of carbonyl (C=O) groups is 1. The number of nitroso groups, excluding NO2 is 1. The standard InChI is InChI=1S/C10H11NO3/c1-7-4-2-3-5-8(7)6-9(11-14)10(12)13/h2-5,9H,6H2,1H3,(H,12,13). The Kier molecular flexibility index (Phi) is 3.34. The summed E-state index contributed by atoms with van der Waals surface area (Å²) in [4.78, 5) is 20.8. The van der Waals surface area contributed by atoms with Crippen molar-refractivity contribution >= 4 is 5.97 Å². The van der Waals surface area contributed by atoms with Gasteiger partial charge in [-0.2, -0.15) is 0 Å². The van der Waals surface area contributed by atoms with Gasteiger partial charge in [-0.05, 0) is 18.1 Å². The number of hydrogen-bond donors (Lipinski definition) is 1. The third-order valence-electron chi connectivity index (χ3n) is 2.09. The van der Waals surface area contributed by atoms with Crippen molar-refractivity contribution in [3.63, 3.8) is 0 Å². The van der Waals surface area contributed by atoms with E-state index in [1.807, 2.05) is 25.1 Å². The maximum absolute atomic E-state index is 10.6. The fourth-order valence-electron chi connectivity index (χ4n) is 1.22. The summed E-state index contributed by atoms with van der Waals surface area (Å²) in [6, 6.07) is 6.17. The average molecular weight is 193 g/mol. The molecule has 1 rings (SSSR count). The van der Waals surface area contributed by atoms with E-state index in [-0.39, 0.29) is 6.42 Å². The highest BCUT2D eigenvalue weighted by atomic mass is 16.4. The first-order valence-electron chi connectivity index (χ1n) is 4.25. The zero-order valence-corrected chi connectivity index (χ0v) is 7.80. The van der Waals surface area contributed by atoms with E-state index in [0.29, 0.717) is 0 Å². The number of rotatable bonds is 4. The van der Waals surface area contributed by atoms with Crippen LogP contribution in [0.2, 0.25) is 0 Å². The van der Waals surface area contributed by atoms with Crippen LogP contribution < -0.4 is 0 Å². The Morgan fingerprint density at radius 3 is 2.64 bits per heavy atom. The van der Waals surface area contributed by atoms with Crippen molar-refractivity contribution in [2.75, 3.05) is 0 Å². The highest BCUT2D eigenvalue weighted by molar-refractivity contribution is 5.74. The SMILES string of the molecule is Cc1ccccc1CC(N=O)C(=O)O. The Balaban J connectivity index is 2.82. The van der Waals surface area contributed by atoms with Gasteiger partial charge in [-0.25, -0.2) is 4.79 Å². The molecule has 1 N–H and O–H groups in total. The van der Waals surface area contributed by atoms with Gasteiger partial charge in [0.15, 0.2) is 6.04 Å². The van der Waals surface area contributed by atoms with Gasteiger partial charge >= 0.3 is 5.97 Å². The van der Waals surface area contributed by atoms with Crippen LogP contribution in [0, 0.1) is 11.8 Å². The fourth-order valence-corrected chi connectivity index (χ4v) is 1.22. The first-order valence-corrected chi connectivity index (χ1v) is 4.25. The minimum atomic E-state index is -1.18. The largest absolute Gasteiger partial charge is 0.480 e. The third kappa shape index (κ3) is 2.39. The number of nitrogens with zero attached hydrogens (tertiary/aromatic N) is 1. The lowest BCUT2D eigenvalue weighted by molar-refractivity contribution is -0.138. The van der Waals surface area contributed by atoms with Gasteiger partial charge < -0.3 is 5.11 Å². The molecule has 4 nitrogen and oxygen atoms in total. The van der Waals surface area contributed by atoms with Gasteiger partial charge in [-0.3, -0.25) is 0 Å². The van der Waals surface area contributed by atoms with Gasteiger partial charge in [0.25, 0.3) is 0 Å². The summed E-state index contributed by atoms with van der Waals surface area (Å²) in [5.41, 5.74) is 1.82. The molecule has 1 atom stereocenters. The first-order chi connectivity index (χ1) is 6.65. The van der Waals surface area contributed by atoms with Crippen LogP contribution >= 0.6 is 0 Å². The molecule has 0 aliphatic rings. The molecule has 0 saturated heterocycles. The third-order valence-corrected chi connectivity index (χ3v) is 2.09. The van der Waals surface area contributed by atoms with E-state index >= 15 is 0 Å². The van der Waals surface area contributed by atoms with E-state index in [1.54, 1.807) is 6.07 Å². The lowest BCUT2D eigenvalue weighted by Gasteiger charge is -2.06. The molecular weight excluding hydrogens is 182 g/mol. The molecule has 74 valence electrons. The van der Waals surface area contributed by atoms with Crippen LogP contribution in [0.4, 0.5) is 0 Å². The van der Waals surface area contributed by atoms with Crippen LogP contribution in [-0.2, 0) is 11.2 Å². The van der Waals surface area contributed by atoms with Crippen molar-refractivity contribution in [3.05, 3.63) is 40.3 Å². The molecule has 0 aliphatic carbocycles. The van der Waals surface area contributed by atoms with E-state index in [2.05, 4.69) is 5.18 Å². The summed E-state index contributed by atoms with van der Waals surface area (Å²) in [6.07, 6.45) is 0.158. The summed E-state index contributed by atoms with van der Waals surface area (Å²) in [7, 11) is 0. The quantitative estimate of drug-likeness (QED) is 0.741. The van der Waals surface area contributed by atoms with Crippen LogP contribution in [0.3, 0.4) is 0 Å². The van der Waals surface area contributed by atoms with E-state index in [4.69, 9.17) is 5.11 Å². The summed E-state index contributed by atoms with van der Waals surface area (Å²) >= 11 is 0. The van der Waals surface area contributed by atoms with E-state index in [0.717, 1.165) is 11.1 Å². The molecule has 1 aromatic rings. The molecule has 0 amide bonds. The van der Waals surface area contributed by atoms with Crippen LogP contribution in [0.5, 0.6) is 0 Å². The fraction of sp³-hybridized carbons (Fsp3) is 0.300. The molecular formula is C10H11NO3. The highest BCUT2D eigenvalue weighted by Gasteiger charge is 2.18. The van der Waals surface area contributed by atoms with Gasteiger partial charge in [0.2, 0.25) is 0 Å². The summed E-state index contributed by atoms with van der Waals surface area (Å²) in [5, 5.41) is 11.2. The van der Waals surface area contributed by atoms with Gasteiger partial charge in [0, 0.05) is 6.42 Å². The number of hydrogen-bond acceptors (Lipinski definition) is 3. The number of benzene rings is 1. The zero-order chi connectivity index (χ0) is 10.6. The van der Waals surface area contributed by atoms with Crippen LogP contribution in [-0.4, -0.2) is 17.1 Å². The maximum Gasteiger partial charge on any atom is 0.332 e. The molecule has 1 unspecified atom stereocenters. The molecule has 0 bridgehead atoms. The monoisotopic (exact) mass is 193 g/mol. The molecule has 0 saturated carbocycles. The molecule has 1 aromatic carbocycles. The summed E-state index contributed by atoms with van der Waals surface area (Å²) < 4.78 is 0. The van der Waals surface area contributed by atoms with Crippen molar-refractivity contribution < 1.29 is 9.90 Å².